The minimum Gasteiger partial charge on any atom is -0.348 e. The maximum Gasteiger partial charge on any atom is 0.225 e. The summed E-state index contributed by atoms with van der Waals surface area (Å²) in [6.45, 7) is 2.93. The predicted molar refractivity (Wildman–Crippen MR) is 100 cm³/mol. The average molecular weight is 349 g/mol. The molecule has 0 spiro atoms. The fourth-order valence-corrected chi connectivity index (χ4v) is 3.67. The minimum absolute atomic E-state index is 0.0485. The number of amides is 1. The maximum atomic E-state index is 12.8. The Morgan fingerprint density at radius 3 is 2.88 bits per heavy atom. The lowest BCUT2D eigenvalue weighted by Crippen LogP contribution is -2.40. The van der Waals surface area contributed by atoms with Gasteiger partial charge in [0.1, 0.15) is 11.6 Å². The number of fused-ring (bicyclic) bond motifs is 2. The molecule has 1 amide bonds. The second-order valence-electron chi connectivity index (χ2n) is 6.91. The van der Waals surface area contributed by atoms with Crippen molar-refractivity contribution < 1.29 is 4.79 Å². The van der Waals surface area contributed by atoms with Gasteiger partial charge in [-0.05, 0) is 35.7 Å². The lowest BCUT2D eigenvalue weighted by Gasteiger charge is -2.26. The number of carbonyl (C=O) groups excluding carboxylic acids is 1. The van der Waals surface area contributed by atoms with Crippen molar-refractivity contribution in [1.29, 1.82) is 0 Å². The Balaban J connectivity index is 1.50. The van der Waals surface area contributed by atoms with E-state index in [0.717, 1.165) is 35.4 Å². The van der Waals surface area contributed by atoms with E-state index in [0.29, 0.717) is 13.1 Å². The van der Waals surface area contributed by atoms with E-state index < -0.39 is 0 Å². The van der Waals surface area contributed by atoms with Gasteiger partial charge in [0, 0.05) is 19.5 Å². The summed E-state index contributed by atoms with van der Waals surface area (Å²) >= 11 is 0. The van der Waals surface area contributed by atoms with Gasteiger partial charge in [-0.2, -0.15) is 0 Å². The highest BCUT2D eigenvalue weighted by Gasteiger charge is 2.28. The largest absolute Gasteiger partial charge is 0.348 e. The Bertz CT molecular complexity index is 948. The molecule has 6 heteroatoms. The lowest BCUT2D eigenvalue weighted by atomic mass is 9.96. The van der Waals surface area contributed by atoms with Crippen molar-refractivity contribution in [3.05, 3.63) is 59.7 Å². The molecule has 3 N–H and O–H groups in total. The average Bonchev–Trinajstić information content (AvgIpc) is 3.06. The highest BCUT2D eigenvalue weighted by Crippen LogP contribution is 2.23. The van der Waals surface area contributed by atoms with Crippen molar-refractivity contribution in [2.24, 2.45) is 11.7 Å². The summed E-state index contributed by atoms with van der Waals surface area (Å²) in [5, 5.41) is 13.7. The molecular weight excluding hydrogens is 326 g/mol. The molecule has 0 radical (unpaired) electrons. The molecule has 1 aliphatic rings. The molecule has 0 saturated carbocycles. The first-order valence-electron chi connectivity index (χ1n) is 9.03. The van der Waals surface area contributed by atoms with Crippen LogP contribution in [0.2, 0.25) is 0 Å². The zero-order chi connectivity index (χ0) is 18.1. The van der Waals surface area contributed by atoms with Crippen molar-refractivity contribution >= 4 is 16.7 Å². The molecule has 4 rings (SSSR count). The first kappa shape index (κ1) is 16.7. The van der Waals surface area contributed by atoms with Crippen LogP contribution < -0.4 is 11.1 Å². The summed E-state index contributed by atoms with van der Waals surface area (Å²) in [7, 11) is 0. The van der Waals surface area contributed by atoms with Gasteiger partial charge in [-0.25, -0.2) is 0 Å². The van der Waals surface area contributed by atoms with Crippen LogP contribution in [0.25, 0.3) is 10.8 Å². The van der Waals surface area contributed by atoms with Crippen LogP contribution in [0.4, 0.5) is 0 Å². The van der Waals surface area contributed by atoms with E-state index in [1.165, 1.54) is 5.39 Å². The standard InChI is InChI=1S/C20H23N5O/c1-13-23-24-19-9-8-17(12-25(13)19)20(26)22-18(11-21)16-7-6-14-4-2-3-5-15(14)10-16/h2-7,10,17-18H,8-9,11-12,21H2,1H3,(H,22,26). The third kappa shape index (κ3) is 3.08. The molecule has 6 nitrogen and oxygen atoms in total. The molecule has 0 bridgehead atoms. The van der Waals surface area contributed by atoms with Crippen molar-refractivity contribution in [3.63, 3.8) is 0 Å². The number of aromatic nitrogens is 3. The van der Waals surface area contributed by atoms with Gasteiger partial charge in [0.25, 0.3) is 0 Å². The zero-order valence-electron chi connectivity index (χ0n) is 14.9. The van der Waals surface area contributed by atoms with Crippen molar-refractivity contribution in [3.8, 4) is 0 Å². The van der Waals surface area contributed by atoms with Gasteiger partial charge < -0.3 is 15.6 Å². The Morgan fingerprint density at radius 2 is 2.08 bits per heavy atom. The fraction of sp³-hybridized carbons (Fsp3) is 0.350. The number of rotatable bonds is 4. The minimum atomic E-state index is -0.185. The number of nitrogens with one attached hydrogen (secondary N) is 1. The van der Waals surface area contributed by atoms with Crippen molar-refractivity contribution in [2.75, 3.05) is 6.54 Å². The van der Waals surface area contributed by atoms with Crippen molar-refractivity contribution in [2.45, 2.75) is 32.4 Å². The zero-order valence-corrected chi connectivity index (χ0v) is 14.9. The SMILES string of the molecule is Cc1nnc2n1CC(C(=O)NC(CN)c1ccc3ccccc3c1)CC2. The summed E-state index contributed by atoms with van der Waals surface area (Å²) in [5.74, 6) is 1.80. The van der Waals surface area contributed by atoms with Crippen LogP contribution in [-0.2, 0) is 17.8 Å². The molecule has 2 unspecified atom stereocenters. The van der Waals surface area contributed by atoms with E-state index in [9.17, 15) is 4.79 Å². The van der Waals surface area contributed by atoms with E-state index in [-0.39, 0.29) is 17.9 Å². The number of hydrogen-bond acceptors (Lipinski definition) is 4. The Morgan fingerprint density at radius 1 is 1.27 bits per heavy atom. The number of hydrogen-bond donors (Lipinski definition) is 2. The first-order valence-corrected chi connectivity index (χ1v) is 9.03. The van der Waals surface area contributed by atoms with Crippen LogP contribution >= 0.6 is 0 Å². The second kappa shape index (κ2) is 6.88. The van der Waals surface area contributed by atoms with Gasteiger partial charge in [-0.3, -0.25) is 4.79 Å². The normalized spacial score (nSPS) is 17.7. The van der Waals surface area contributed by atoms with Gasteiger partial charge >= 0.3 is 0 Å². The van der Waals surface area contributed by atoms with E-state index in [2.05, 4.69) is 39.8 Å². The van der Waals surface area contributed by atoms with Crippen LogP contribution in [0.15, 0.2) is 42.5 Å². The van der Waals surface area contributed by atoms with Crippen molar-refractivity contribution in [1.82, 2.24) is 20.1 Å². The number of benzene rings is 2. The van der Waals surface area contributed by atoms with Crippen LogP contribution in [0, 0.1) is 12.8 Å². The third-order valence-corrected chi connectivity index (χ3v) is 5.23. The molecule has 0 fully saturated rings. The molecule has 1 aliphatic heterocycles. The summed E-state index contributed by atoms with van der Waals surface area (Å²) < 4.78 is 2.04. The second-order valence-corrected chi connectivity index (χ2v) is 6.91. The Labute approximate surface area is 152 Å². The topological polar surface area (TPSA) is 85.8 Å². The smallest absolute Gasteiger partial charge is 0.225 e. The lowest BCUT2D eigenvalue weighted by molar-refractivity contribution is -0.126. The quantitative estimate of drug-likeness (QED) is 0.755. The van der Waals surface area contributed by atoms with Crippen LogP contribution in [0.3, 0.4) is 0 Å². The summed E-state index contributed by atoms with van der Waals surface area (Å²) in [4.78, 5) is 12.8. The van der Waals surface area contributed by atoms with E-state index >= 15 is 0 Å². The first-order chi connectivity index (χ1) is 12.7. The molecule has 2 aromatic carbocycles. The Kier molecular flexibility index (Phi) is 4.42. The monoisotopic (exact) mass is 349 g/mol. The van der Waals surface area contributed by atoms with E-state index in [4.69, 9.17) is 5.73 Å². The Hall–Kier alpha value is -2.73. The molecular formula is C20H23N5O. The molecule has 26 heavy (non-hydrogen) atoms. The molecule has 1 aromatic heterocycles. The van der Waals surface area contributed by atoms with Gasteiger partial charge in [0.2, 0.25) is 5.91 Å². The van der Waals surface area contributed by atoms with Gasteiger partial charge in [0.05, 0.1) is 12.0 Å². The predicted octanol–water partition coefficient (Wildman–Crippen LogP) is 2.12. The summed E-state index contributed by atoms with van der Waals surface area (Å²) in [5.41, 5.74) is 7.01. The highest BCUT2D eigenvalue weighted by molar-refractivity contribution is 5.83. The van der Waals surface area contributed by atoms with Crippen LogP contribution in [0.5, 0.6) is 0 Å². The maximum absolute atomic E-state index is 12.8. The number of carbonyl (C=O) groups is 1. The summed E-state index contributed by atoms with van der Waals surface area (Å²) in [6.07, 6.45) is 1.57. The number of nitrogens with zero attached hydrogens (tertiary/aromatic N) is 3. The van der Waals surface area contributed by atoms with Gasteiger partial charge in [-0.15, -0.1) is 10.2 Å². The van der Waals surface area contributed by atoms with E-state index in [1.807, 2.05) is 29.7 Å². The highest BCUT2D eigenvalue weighted by atomic mass is 16.2. The number of aryl methyl sites for hydroxylation is 2. The molecule has 134 valence electrons. The fourth-order valence-electron chi connectivity index (χ4n) is 3.67. The van der Waals surface area contributed by atoms with Gasteiger partial charge in [-0.1, -0.05) is 36.4 Å². The molecule has 0 saturated heterocycles. The van der Waals surface area contributed by atoms with Crippen LogP contribution in [-0.4, -0.2) is 27.2 Å². The van der Waals surface area contributed by atoms with E-state index in [1.54, 1.807) is 0 Å². The molecule has 3 aromatic rings. The van der Waals surface area contributed by atoms with Crippen LogP contribution in [0.1, 0.15) is 29.7 Å². The number of nitrogens with two attached hydrogens (primary N) is 1. The third-order valence-electron chi connectivity index (χ3n) is 5.23. The molecule has 0 aliphatic carbocycles. The summed E-state index contributed by atoms with van der Waals surface area (Å²) in [6, 6.07) is 14.2. The molecule has 2 atom stereocenters. The molecule has 2 heterocycles. The van der Waals surface area contributed by atoms with Gasteiger partial charge in [0.15, 0.2) is 0 Å².